The minimum Gasteiger partial charge on any atom is -0.493 e. The average molecular weight is 484 g/mol. The predicted molar refractivity (Wildman–Crippen MR) is 129 cm³/mol. The summed E-state index contributed by atoms with van der Waals surface area (Å²) >= 11 is 0. The molecule has 1 unspecified atom stereocenters. The number of hydrogen-bond acceptors (Lipinski definition) is 8. The molecule has 1 fully saturated rings. The van der Waals surface area contributed by atoms with Crippen LogP contribution in [0.1, 0.15) is 22.1 Å². The van der Waals surface area contributed by atoms with Crippen LogP contribution in [-0.2, 0) is 18.8 Å². The second kappa shape index (κ2) is 10.3. The topological polar surface area (TPSA) is 117 Å². The Hall–Kier alpha value is -3.70. The van der Waals surface area contributed by atoms with Crippen molar-refractivity contribution >= 4 is 16.9 Å². The van der Waals surface area contributed by atoms with E-state index in [0.717, 1.165) is 10.1 Å². The number of fused-ring (bicyclic) bond motifs is 1. The molecule has 1 aliphatic heterocycles. The summed E-state index contributed by atoms with van der Waals surface area (Å²) in [5.41, 5.74) is 0.281. The van der Waals surface area contributed by atoms with Crippen LogP contribution in [0.3, 0.4) is 0 Å². The smallest absolute Gasteiger partial charge is 0.332 e. The van der Waals surface area contributed by atoms with Crippen molar-refractivity contribution in [2.24, 2.45) is 14.1 Å². The first-order valence-corrected chi connectivity index (χ1v) is 11.2. The first kappa shape index (κ1) is 24.4. The van der Waals surface area contributed by atoms with Crippen LogP contribution in [0.2, 0.25) is 0 Å². The van der Waals surface area contributed by atoms with Gasteiger partial charge in [-0.3, -0.25) is 23.6 Å². The van der Waals surface area contributed by atoms with E-state index in [4.69, 9.17) is 14.2 Å². The second-order valence-corrected chi connectivity index (χ2v) is 8.26. The number of methoxy groups -OCH3 is 2. The Morgan fingerprint density at radius 3 is 2.46 bits per heavy atom. The number of amides is 1. The molecule has 1 aliphatic rings. The van der Waals surface area contributed by atoms with Crippen molar-refractivity contribution in [3.63, 3.8) is 0 Å². The fraction of sp³-hybridized carbons (Fsp3) is 0.417. The Labute approximate surface area is 201 Å². The van der Waals surface area contributed by atoms with Gasteiger partial charge in [-0.05, 0) is 29.8 Å². The minimum absolute atomic E-state index is 0.119. The summed E-state index contributed by atoms with van der Waals surface area (Å²) in [7, 11) is 6.09. The third kappa shape index (κ3) is 4.77. The van der Waals surface area contributed by atoms with Crippen molar-refractivity contribution in [3.8, 4) is 11.5 Å². The molecule has 1 saturated heterocycles. The molecule has 2 aromatic heterocycles. The van der Waals surface area contributed by atoms with Crippen LogP contribution in [0.4, 0.5) is 0 Å². The number of rotatable bonds is 7. The normalized spacial score (nSPS) is 15.1. The fourth-order valence-corrected chi connectivity index (χ4v) is 4.27. The number of carbonyl (C=O) groups is 1. The molecule has 4 rings (SSSR count). The van der Waals surface area contributed by atoms with Gasteiger partial charge in [-0.25, -0.2) is 9.78 Å². The molecular formula is C24H29N5O6. The van der Waals surface area contributed by atoms with Crippen LogP contribution in [0.15, 0.2) is 39.9 Å². The molecule has 35 heavy (non-hydrogen) atoms. The van der Waals surface area contributed by atoms with Gasteiger partial charge in [-0.2, -0.15) is 0 Å². The molecule has 0 aliphatic carbocycles. The molecule has 11 heteroatoms. The molecule has 0 saturated carbocycles. The van der Waals surface area contributed by atoms with Crippen LogP contribution < -0.4 is 26.0 Å². The summed E-state index contributed by atoms with van der Waals surface area (Å²) in [4.78, 5) is 44.3. The van der Waals surface area contributed by atoms with Gasteiger partial charge in [0.25, 0.3) is 11.5 Å². The Kier molecular flexibility index (Phi) is 7.17. The van der Waals surface area contributed by atoms with Crippen LogP contribution in [0.25, 0.3) is 11.0 Å². The predicted octanol–water partition coefficient (Wildman–Crippen LogP) is 0.453. The molecule has 0 bridgehead atoms. The van der Waals surface area contributed by atoms with Gasteiger partial charge in [-0.15, -0.1) is 0 Å². The number of morpholine rings is 1. The van der Waals surface area contributed by atoms with E-state index in [-0.39, 0.29) is 22.8 Å². The quantitative estimate of drug-likeness (QED) is 0.515. The molecule has 11 nitrogen and oxygen atoms in total. The van der Waals surface area contributed by atoms with Crippen LogP contribution in [0.5, 0.6) is 11.5 Å². The zero-order valence-corrected chi connectivity index (χ0v) is 20.2. The third-order valence-corrected chi connectivity index (χ3v) is 6.27. The number of ether oxygens (including phenoxy) is 3. The van der Waals surface area contributed by atoms with E-state index < -0.39 is 17.2 Å². The number of aryl methyl sites for hydroxylation is 1. The SMILES string of the molecule is COc1ccc(C(CNC(=O)c2ccc3c(=O)n(C)c(=O)n(C)c3n2)N2CCOCC2)cc1OC. The highest BCUT2D eigenvalue weighted by molar-refractivity contribution is 5.94. The second-order valence-electron chi connectivity index (χ2n) is 8.26. The highest BCUT2D eigenvalue weighted by Crippen LogP contribution is 2.32. The summed E-state index contributed by atoms with van der Waals surface area (Å²) in [6.45, 7) is 2.95. The van der Waals surface area contributed by atoms with E-state index in [1.54, 1.807) is 14.2 Å². The lowest BCUT2D eigenvalue weighted by molar-refractivity contribution is 0.0161. The summed E-state index contributed by atoms with van der Waals surface area (Å²) in [5, 5.41) is 3.23. The zero-order valence-electron chi connectivity index (χ0n) is 20.2. The molecule has 3 aromatic rings. The molecule has 1 atom stereocenters. The molecule has 3 heterocycles. The van der Waals surface area contributed by atoms with Crippen molar-refractivity contribution < 1.29 is 19.0 Å². The largest absolute Gasteiger partial charge is 0.493 e. The first-order valence-electron chi connectivity index (χ1n) is 11.2. The zero-order chi connectivity index (χ0) is 25.1. The van der Waals surface area contributed by atoms with Gasteiger partial charge in [0, 0.05) is 33.7 Å². The monoisotopic (exact) mass is 483 g/mol. The fourth-order valence-electron chi connectivity index (χ4n) is 4.27. The Morgan fingerprint density at radius 1 is 1.06 bits per heavy atom. The lowest BCUT2D eigenvalue weighted by Crippen LogP contribution is -2.44. The van der Waals surface area contributed by atoms with Crippen molar-refractivity contribution in [1.82, 2.24) is 24.3 Å². The molecule has 1 aromatic carbocycles. The number of hydrogen-bond donors (Lipinski definition) is 1. The molecule has 1 amide bonds. The molecule has 0 spiro atoms. The minimum atomic E-state index is -0.506. The van der Waals surface area contributed by atoms with Gasteiger partial charge in [0.15, 0.2) is 11.5 Å². The number of nitrogens with zero attached hydrogens (tertiary/aromatic N) is 4. The van der Waals surface area contributed by atoms with E-state index in [9.17, 15) is 14.4 Å². The number of aromatic nitrogens is 3. The third-order valence-electron chi connectivity index (χ3n) is 6.27. The molecular weight excluding hydrogens is 454 g/mol. The van der Waals surface area contributed by atoms with Crippen molar-refractivity contribution in [1.29, 1.82) is 0 Å². The van der Waals surface area contributed by atoms with Gasteiger partial charge in [0.05, 0.1) is 38.9 Å². The lowest BCUT2D eigenvalue weighted by atomic mass is 10.0. The van der Waals surface area contributed by atoms with E-state index in [2.05, 4.69) is 15.2 Å². The van der Waals surface area contributed by atoms with E-state index >= 15 is 0 Å². The van der Waals surface area contributed by atoms with Gasteiger partial charge >= 0.3 is 5.69 Å². The van der Waals surface area contributed by atoms with Gasteiger partial charge in [-0.1, -0.05) is 6.07 Å². The number of carbonyl (C=O) groups excluding carboxylic acids is 1. The maximum absolute atomic E-state index is 13.0. The summed E-state index contributed by atoms with van der Waals surface area (Å²) < 4.78 is 18.6. The van der Waals surface area contributed by atoms with E-state index in [1.165, 1.54) is 30.8 Å². The van der Waals surface area contributed by atoms with Gasteiger partial charge < -0.3 is 19.5 Å². The molecule has 186 valence electrons. The van der Waals surface area contributed by atoms with Gasteiger partial charge in [0.2, 0.25) is 0 Å². The maximum atomic E-state index is 13.0. The van der Waals surface area contributed by atoms with Crippen molar-refractivity contribution in [3.05, 3.63) is 62.4 Å². The Bertz CT molecular complexity index is 1360. The standard InChI is InChI=1S/C24H29N5O6/c1-27-21-16(23(31)28(2)24(27)32)6-7-17(26-21)22(30)25-14-18(29-9-11-35-12-10-29)15-5-8-19(33-3)20(13-15)34-4/h5-8,13,18H,9-12,14H2,1-4H3,(H,25,30). The van der Waals surface area contributed by atoms with E-state index in [0.29, 0.717) is 44.3 Å². The average Bonchev–Trinajstić information content (AvgIpc) is 2.90. The van der Waals surface area contributed by atoms with Crippen molar-refractivity contribution in [2.45, 2.75) is 6.04 Å². The van der Waals surface area contributed by atoms with Crippen molar-refractivity contribution in [2.75, 3.05) is 47.1 Å². The Balaban J connectivity index is 1.61. The number of pyridine rings is 1. The van der Waals surface area contributed by atoms with Crippen LogP contribution >= 0.6 is 0 Å². The Morgan fingerprint density at radius 2 is 1.77 bits per heavy atom. The summed E-state index contributed by atoms with van der Waals surface area (Å²) in [6, 6.07) is 8.57. The number of benzene rings is 1. The summed E-state index contributed by atoms with van der Waals surface area (Å²) in [6.07, 6.45) is 0. The highest BCUT2D eigenvalue weighted by Gasteiger charge is 2.25. The molecule has 0 radical (unpaired) electrons. The maximum Gasteiger partial charge on any atom is 0.332 e. The summed E-state index contributed by atoms with van der Waals surface area (Å²) in [5.74, 6) is 0.824. The van der Waals surface area contributed by atoms with Gasteiger partial charge in [0.1, 0.15) is 11.3 Å². The first-order chi connectivity index (χ1) is 16.8. The highest BCUT2D eigenvalue weighted by atomic mass is 16.5. The lowest BCUT2D eigenvalue weighted by Gasteiger charge is -2.35. The van der Waals surface area contributed by atoms with E-state index in [1.807, 2.05) is 18.2 Å². The number of nitrogens with one attached hydrogen (secondary N) is 1. The molecule has 1 N–H and O–H groups in total. The van der Waals surface area contributed by atoms with Crippen LogP contribution in [0, 0.1) is 0 Å². The van der Waals surface area contributed by atoms with Crippen LogP contribution in [-0.4, -0.2) is 72.0 Å².